The molecule has 22 heavy (non-hydrogen) atoms. The Morgan fingerprint density at radius 1 is 1.45 bits per heavy atom. The van der Waals surface area contributed by atoms with Gasteiger partial charge in [-0.25, -0.2) is 4.98 Å². The van der Waals surface area contributed by atoms with Crippen molar-refractivity contribution < 1.29 is 4.74 Å². The fourth-order valence-electron chi connectivity index (χ4n) is 2.45. The first-order valence-corrected chi connectivity index (χ1v) is 7.47. The van der Waals surface area contributed by atoms with E-state index in [0.29, 0.717) is 10.2 Å². The maximum atomic E-state index is 12.6. The molecule has 2 heterocycles. The summed E-state index contributed by atoms with van der Waals surface area (Å²) in [6, 6.07) is 9.57. The van der Waals surface area contributed by atoms with Gasteiger partial charge in [-0.05, 0) is 24.6 Å². The smallest absolute Gasteiger partial charge is 0.263 e. The van der Waals surface area contributed by atoms with Gasteiger partial charge in [0.2, 0.25) is 0 Å². The fraction of sp³-hybridized carbons (Fsp3) is 0.188. The Morgan fingerprint density at radius 3 is 3.00 bits per heavy atom. The van der Waals surface area contributed by atoms with Crippen LogP contribution in [0.25, 0.3) is 21.3 Å². The van der Waals surface area contributed by atoms with Gasteiger partial charge in [-0.3, -0.25) is 9.36 Å². The van der Waals surface area contributed by atoms with Crippen molar-refractivity contribution >= 4 is 21.6 Å². The molecule has 0 spiro atoms. The van der Waals surface area contributed by atoms with Crippen molar-refractivity contribution in [2.45, 2.75) is 13.5 Å². The molecule has 0 amide bonds. The highest BCUT2D eigenvalue weighted by atomic mass is 32.1. The van der Waals surface area contributed by atoms with Crippen molar-refractivity contribution in [1.82, 2.24) is 9.55 Å². The lowest BCUT2D eigenvalue weighted by atomic mass is 10.0. The first-order valence-electron chi connectivity index (χ1n) is 6.65. The van der Waals surface area contributed by atoms with E-state index >= 15 is 0 Å². The molecule has 0 aliphatic rings. The van der Waals surface area contributed by atoms with Gasteiger partial charge >= 0.3 is 0 Å². The SMILES string of the molecule is COc1cccc(-c2c(C)sc3ncn(CC#N)c(=O)c23)c1. The second kappa shape index (κ2) is 5.62. The average Bonchev–Trinajstić information content (AvgIpc) is 2.87. The Kier molecular flexibility index (Phi) is 3.65. The summed E-state index contributed by atoms with van der Waals surface area (Å²) in [5.41, 5.74) is 1.59. The highest BCUT2D eigenvalue weighted by Crippen LogP contribution is 2.36. The van der Waals surface area contributed by atoms with Crippen LogP contribution in [0, 0.1) is 18.3 Å². The topological polar surface area (TPSA) is 67.9 Å². The fourth-order valence-corrected chi connectivity index (χ4v) is 3.46. The van der Waals surface area contributed by atoms with Gasteiger partial charge in [-0.1, -0.05) is 12.1 Å². The molecule has 0 saturated heterocycles. The van der Waals surface area contributed by atoms with E-state index in [9.17, 15) is 4.79 Å². The summed E-state index contributed by atoms with van der Waals surface area (Å²) in [6.45, 7) is 1.96. The summed E-state index contributed by atoms with van der Waals surface area (Å²) in [7, 11) is 1.61. The third-order valence-corrected chi connectivity index (χ3v) is 4.47. The van der Waals surface area contributed by atoms with Crippen LogP contribution < -0.4 is 10.3 Å². The Balaban J connectivity index is 2.33. The number of thiophene rings is 1. The molecule has 6 heteroatoms. The zero-order chi connectivity index (χ0) is 15.7. The second-order valence-electron chi connectivity index (χ2n) is 4.78. The monoisotopic (exact) mass is 311 g/mol. The van der Waals surface area contributed by atoms with Gasteiger partial charge in [0.05, 0.1) is 18.6 Å². The molecule has 0 atom stereocenters. The van der Waals surface area contributed by atoms with Crippen molar-refractivity contribution in [1.29, 1.82) is 5.26 Å². The summed E-state index contributed by atoms with van der Waals surface area (Å²) < 4.78 is 6.59. The first kappa shape index (κ1) is 14.3. The molecule has 1 aromatic carbocycles. The standard InChI is InChI=1S/C16H13N3O2S/c1-10-13(11-4-3-5-12(8-11)21-2)14-15(22-10)18-9-19(7-6-17)16(14)20/h3-5,8-9H,7H2,1-2H3. The lowest BCUT2D eigenvalue weighted by molar-refractivity contribution is 0.415. The third-order valence-electron chi connectivity index (χ3n) is 3.45. The van der Waals surface area contributed by atoms with Crippen molar-refractivity contribution in [3.05, 3.63) is 45.8 Å². The van der Waals surface area contributed by atoms with Crippen LogP contribution in [0.3, 0.4) is 0 Å². The average molecular weight is 311 g/mol. The molecule has 0 N–H and O–H groups in total. The van der Waals surface area contributed by atoms with Crippen molar-refractivity contribution in [2.75, 3.05) is 7.11 Å². The van der Waals surface area contributed by atoms with E-state index in [-0.39, 0.29) is 12.1 Å². The van der Waals surface area contributed by atoms with Crippen LogP contribution in [0.5, 0.6) is 5.75 Å². The highest BCUT2D eigenvalue weighted by Gasteiger charge is 2.17. The molecule has 3 aromatic rings. The lowest BCUT2D eigenvalue weighted by Crippen LogP contribution is -2.19. The van der Waals surface area contributed by atoms with Crippen LogP contribution in [0.2, 0.25) is 0 Å². The van der Waals surface area contributed by atoms with E-state index < -0.39 is 0 Å². The zero-order valence-electron chi connectivity index (χ0n) is 12.2. The summed E-state index contributed by atoms with van der Waals surface area (Å²) >= 11 is 1.48. The Hall–Kier alpha value is -2.65. The van der Waals surface area contributed by atoms with Crippen LogP contribution in [-0.4, -0.2) is 16.7 Å². The number of nitriles is 1. The van der Waals surface area contributed by atoms with Crippen LogP contribution in [0.4, 0.5) is 0 Å². The molecule has 2 aromatic heterocycles. The summed E-state index contributed by atoms with van der Waals surface area (Å²) in [6.07, 6.45) is 1.43. The zero-order valence-corrected chi connectivity index (χ0v) is 13.0. The molecule has 5 nitrogen and oxygen atoms in total. The van der Waals surface area contributed by atoms with Crippen molar-refractivity contribution in [3.8, 4) is 22.9 Å². The largest absolute Gasteiger partial charge is 0.497 e. The molecular weight excluding hydrogens is 298 g/mol. The quantitative estimate of drug-likeness (QED) is 0.746. The maximum absolute atomic E-state index is 12.6. The molecule has 110 valence electrons. The summed E-state index contributed by atoms with van der Waals surface area (Å²) in [5, 5.41) is 9.39. The third kappa shape index (κ3) is 2.26. The van der Waals surface area contributed by atoms with Crippen LogP contribution in [-0.2, 0) is 6.54 Å². The van der Waals surface area contributed by atoms with Gasteiger partial charge in [-0.15, -0.1) is 11.3 Å². The number of rotatable bonds is 3. The number of hydrogen-bond acceptors (Lipinski definition) is 5. The van der Waals surface area contributed by atoms with E-state index in [1.54, 1.807) is 7.11 Å². The van der Waals surface area contributed by atoms with Crippen molar-refractivity contribution in [3.63, 3.8) is 0 Å². The molecule has 0 saturated carbocycles. The Morgan fingerprint density at radius 2 is 2.27 bits per heavy atom. The number of benzene rings is 1. The summed E-state index contributed by atoms with van der Waals surface area (Å²) in [5.74, 6) is 0.734. The normalized spacial score (nSPS) is 10.6. The molecule has 0 unspecified atom stereocenters. The Labute approximate surface area is 131 Å². The molecule has 0 bridgehead atoms. The number of aromatic nitrogens is 2. The van der Waals surface area contributed by atoms with Gasteiger partial charge in [0.15, 0.2) is 0 Å². The second-order valence-corrected chi connectivity index (χ2v) is 5.98. The van der Waals surface area contributed by atoms with E-state index in [1.165, 1.54) is 22.2 Å². The van der Waals surface area contributed by atoms with Gasteiger partial charge in [-0.2, -0.15) is 5.26 Å². The van der Waals surface area contributed by atoms with Crippen LogP contribution >= 0.6 is 11.3 Å². The minimum absolute atomic E-state index is 0.00574. The predicted molar refractivity (Wildman–Crippen MR) is 86.2 cm³/mol. The molecule has 0 aliphatic carbocycles. The van der Waals surface area contributed by atoms with Crippen LogP contribution in [0.15, 0.2) is 35.4 Å². The number of fused-ring (bicyclic) bond motifs is 1. The van der Waals surface area contributed by atoms with E-state index in [1.807, 2.05) is 37.3 Å². The van der Waals surface area contributed by atoms with E-state index in [0.717, 1.165) is 21.8 Å². The molecule has 0 fully saturated rings. The first-order chi connectivity index (χ1) is 10.7. The summed E-state index contributed by atoms with van der Waals surface area (Å²) in [4.78, 5) is 18.6. The minimum Gasteiger partial charge on any atom is -0.497 e. The van der Waals surface area contributed by atoms with Crippen molar-refractivity contribution in [2.24, 2.45) is 0 Å². The maximum Gasteiger partial charge on any atom is 0.263 e. The van der Waals surface area contributed by atoms with Gasteiger partial charge in [0.1, 0.15) is 23.5 Å². The number of aryl methyl sites for hydroxylation is 1. The number of nitrogens with zero attached hydrogens (tertiary/aromatic N) is 3. The number of methoxy groups -OCH3 is 1. The molecule has 0 aliphatic heterocycles. The number of ether oxygens (including phenoxy) is 1. The molecular formula is C16H13N3O2S. The van der Waals surface area contributed by atoms with E-state index in [2.05, 4.69) is 4.98 Å². The minimum atomic E-state index is -0.186. The lowest BCUT2D eigenvalue weighted by Gasteiger charge is -2.05. The molecule has 3 rings (SSSR count). The Bertz CT molecular complexity index is 950. The highest BCUT2D eigenvalue weighted by molar-refractivity contribution is 7.19. The van der Waals surface area contributed by atoms with Gasteiger partial charge in [0.25, 0.3) is 5.56 Å². The van der Waals surface area contributed by atoms with Gasteiger partial charge < -0.3 is 4.74 Å². The predicted octanol–water partition coefficient (Wildman–Crippen LogP) is 2.97. The van der Waals surface area contributed by atoms with Gasteiger partial charge in [0, 0.05) is 10.4 Å². The molecule has 0 radical (unpaired) electrons. The number of hydrogen-bond donors (Lipinski definition) is 0. The van der Waals surface area contributed by atoms with E-state index in [4.69, 9.17) is 10.00 Å². The van der Waals surface area contributed by atoms with Crippen LogP contribution in [0.1, 0.15) is 4.88 Å².